The van der Waals surface area contributed by atoms with Gasteiger partial charge in [-0.3, -0.25) is 0 Å². The van der Waals surface area contributed by atoms with Gasteiger partial charge in [0.05, 0.1) is 34.2 Å². The van der Waals surface area contributed by atoms with Crippen LogP contribution in [0.3, 0.4) is 0 Å². The number of para-hydroxylation sites is 2. The Hall–Kier alpha value is -6.85. The van der Waals surface area contributed by atoms with Crippen LogP contribution in [0, 0.1) is 20.8 Å². The minimum atomic E-state index is -1.67. The van der Waals surface area contributed by atoms with E-state index in [2.05, 4.69) is 29.4 Å². The summed E-state index contributed by atoms with van der Waals surface area (Å²) >= 11 is 6.45. The molecule has 5 aromatic carbocycles. The monoisotopic (exact) mass is 760 g/mol. The lowest BCUT2D eigenvalue weighted by Gasteiger charge is -2.33. The van der Waals surface area contributed by atoms with E-state index in [-0.39, 0.29) is 5.90 Å². The van der Waals surface area contributed by atoms with Crippen molar-refractivity contribution >= 4 is 23.2 Å². The van der Waals surface area contributed by atoms with Crippen LogP contribution in [0.4, 0.5) is 0 Å². The van der Waals surface area contributed by atoms with Gasteiger partial charge in [-0.25, -0.2) is 0 Å². The van der Waals surface area contributed by atoms with Gasteiger partial charge in [-0.1, -0.05) is 83.0 Å². The fourth-order valence-electron chi connectivity index (χ4n) is 7.46. The summed E-state index contributed by atoms with van der Waals surface area (Å²) < 4.78 is 24.1. The van der Waals surface area contributed by atoms with Crippen molar-refractivity contribution in [2.75, 3.05) is 0 Å². The molecule has 0 fully saturated rings. The van der Waals surface area contributed by atoms with Gasteiger partial charge in [-0.15, -0.1) is 0 Å². The van der Waals surface area contributed by atoms with Crippen molar-refractivity contribution in [2.45, 2.75) is 38.6 Å². The minimum Gasteiger partial charge on any atom is -0.438 e. The number of ether oxygens (including phenoxy) is 3. The summed E-state index contributed by atoms with van der Waals surface area (Å²) in [4.78, 5) is 13.2. The van der Waals surface area contributed by atoms with Gasteiger partial charge in [0.1, 0.15) is 22.8 Å². The van der Waals surface area contributed by atoms with Crippen molar-refractivity contribution in [3.05, 3.63) is 178 Å². The average molecular weight is 761 g/mol. The van der Waals surface area contributed by atoms with E-state index in [0.717, 1.165) is 22.5 Å². The Labute approximate surface area is 326 Å². The van der Waals surface area contributed by atoms with E-state index in [1.165, 1.54) is 0 Å². The van der Waals surface area contributed by atoms with E-state index < -0.39 is 17.8 Å². The zero-order valence-corrected chi connectivity index (χ0v) is 31.2. The third-order valence-corrected chi connectivity index (χ3v) is 10.4. The molecule has 4 aliphatic rings. The van der Waals surface area contributed by atoms with Gasteiger partial charge in [0.2, 0.25) is 17.9 Å². The normalized spacial score (nSPS) is 19.4. The van der Waals surface area contributed by atoms with E-state index in [1.807, 2.05) is 118 Å². The van der Waals surface area contributed by atoms with E-state index in [1.54, 1.807) is 21.5 Å². The SMILES string of the molecule is Cc1ccc([C@@H]2C3=NO[C@H]2[C@]2(c4ccc(Cl)cc4)ON=C(O2)c2c(C)nn(-c4ccccc4)c2Oc2ccc(cc2)Oc2c3c(C)nn2-c2ccccc2)cc1. The van der Waals surface area contributed by atoms with Crippen molar-refractivity contribution in [3.63, 3.8) is 0 Å². The Bertz CT molecular complexity index is 2660. The number of hydrogen-bond acceptors (Lipinski definition) is 9. The predicted octanol–water partition coefficient (Wildman–Crippen LogP) is 9.68. The molecule has 6 heterocycles. The highest BCUT2D eigenvalue weighted by atomic mass is 35.5. The van der Waals surface area contributed by atoms with Crippen LogP contribution in [0.25, 0.3) is 11.4 Å². The predicted molar refractivity (Wildman–Crippen MR) is 210 cm³/mol. The Morgan fingerprint density at radius 2 is 1.16 bits per heavy atom. The summed E-state index contributed by atoms with van der Waals surface area (Å²) in [5.41, 5.74) is 7.26. The maximum Gasteiger partial charge on any atom is 0.344 e. The maximum absolute atomic E-state index is 7.06. The zero-order chi connectivity index (χ0) is 38.0. The first-order valence-electron chi connectivity index (χ1n) is 18.1. The number of aryl methyl sites for hydroxylation is 3. The number of rotatable bonds is 4. The molecule has 12 heteroatoms. The molecular weight excluding hydrogens is 728 g/mol. The molecule has 0 unspecified atom stereocenters. The molecule has 3 atom stereocenters. The average Bonchev–Trinajstić information content (AvgIpc) is 4.00. The lowest BCUT2D eigenvalue weighted by Crippen LogP contribution is -2.46. The molecule has 11 nitrogen and oxygen atoms in total. The van der Waals surface area contributed by atoms with Crippen LogP contribution in [-0.4, -0.2) is 37.3 Å². The highest BCUT2D eigenvalue weighted by Crippen LogP contribution is 2.50. The molecule has 0 N–H and O–H groups in total. The summed E-state index contributed by atoms with van der Waals surface area (Å²) in [5, 5.41) is 20.0. The number of aromatic nitrogens is 4. The molecule has 0 aliphatic carbocycles. The van der Waals surface area contributed by atoms with Crippen molar-refractivity contribution in [1.29, 1.82) is 0 Å². The fourth-order valence-corrected chi connectivity index (χ4v) is 7.58. The second-order valence-electron chi connectivity index (χ2n) is 13.9. The van der Waals surface area contributed by atoms with Crippen LogP contribution in [0.5, 0.6) is 23.3 Å². The van der Waals surface area contributed by atoms with Gasteiger partial charge in [-0.2, -0.15) is 19.6 Å². The molecule has 0 radical (unpaired) electrons. The standard InChI is InChI=1S/C44H33ClN6O5/c1-26-14-16-29(17-15-26)38-39-36-27(2)46-50(32-10-6-4-7-11-32)42(36)52-34-22-24-35(25-23-34)53-43-37(28(3)47-51(43)33-12-8-5-9-13-33)41-49-56-44(54-41,40(38)55-48-39)30-18-20-31(45)21-19-30/h4-25,38,40H,1-3H3/t38-,40-,44+/m1/s1. The van der Waals surface area contributed by atoms with Gasteiger partial charge in [0.25, 0.3) is 5.90 Å². The molecule has 0 saturated carbocycles. The molecule has 2 aromatic heterocycles. The van der Waals surface area contributed by atoms with Gasteiger partial charge in [0, 0.05) is 10.6 Å². The van der Waals surface area contributed by atoms with Gasteiger partial charge in [-0.05, 0) is 104 Å². The summed E-state index contributed by atoms with van der Waals surface area (Å²) in [6.07, 6.45) is -0.921. The van der Waals surface area contributed by atoms with Crippen LogP contribution in [0.15, 0.2) is 144 Å². The first kappa shape index (κ1) is 33.7. The smallest absolute Gasteiger partial charge is 0.344 e. The van der Waals surface area contributed by atoms with Gasteiger partial charge in [0.15, 0.2) is 0 Å². The number of benzene rings is 5. The fraction of sp³-hybridized carbons (Fsp3) is 0.136. The molecule has 11 rings (SSSR count). The van der Waals surface area contributed by atoms with Gasteiger partial charge < -0.3 is 23.9 Å². The Balaban J connectivity index is 1.23. The lowest BCUT2D eigenvalue weighted by molar-refractivity contribution is -0.240. The van der Waals surface area contributed by atoms with Crippen molar-refractivity contribution in [1.82, 2.24) is 19.6 Å². The van der Waals surface area contributed by atoms with Crippen LogP contribution in [-0.2, 0) is 20.2 Å². The third-order valence-electron chi connectivity index (χ3n) is 10.2. The molecule has 0 saturated heterocycles. The topological polar surface area (TPSA) is 107 Å². The summed E-state index contributed by atoms with van der Waals surface area (Å²) in [7, 11) is 0. The van der Waals surface area contributed by atoms with E-state index in [0.29, 0.717) is 62.1 Å². The molecule has 6 bridgehead atoms. The first-order chi connectivity index (χ1) is 27.4. The van der Waals surface area contributed by atoms with E-state index in [4.69, 9.17) is 50.8 Å². The van der Waals surface area contributed by atoms with Crippen LogP contribution in [0.1, 0.15) is 45.1 Å². The van der Waals surface area contributed by atoms with Gasteiger partial charge >= 0.3 is 5.79 Å². The second-order valence-corrected chi connectivity index (χ2v) is 14.3. The summed E-state index contributed by atoms with van der Waals surface area (Å²) in [6, 6.07) is 42.4. The molecule has 4 aliphatic heterocycles. The number of oxime groups is 2. The maximum atomic E-state index is 7.06. The summed E-state index contributed by atoms with van der Waals surface area (Å²) in [5.74, 6) is -0.145. The second kappa shape index (κ2) is 13.2. The molecule has 276 valence electrons. The molecular formula is C44H33ClN6O5. The first-order valence-corrected chi connectivity index (χ1v) is 18.5. The van der Waals surface area contributed by atoms with Crippen molar-refractivity contribution in [3.8, 4) is 34.6 Å². The Kier molecular flexibility index (Phi) is 7.93. The van der Waals surface area contributed by atoms with E-state index >= 15 is 0 Å². The number of halogens is 1. The number of nitrogens with zero attached hydrogens (tertiary/aromatic N) is 6. The highest BCUT2D eigenvalue weighted by molar-refractivity contribution is 6.30. The Morgan fingerprint density at radius 1 is 0.607 bits per heavy atom. The third kappa shape index (κ3) is 5.50. The van der Waals surface area contributed by atoms with Crippen LogP contribution < -0.4 is 9.47 Å². The molecule has 0 amide bonds. The van der Waals surface area contributed by atoms with Crippen LogP contribution >= 0.6 is 11.6 Å². The van der Waals surface area contributed by atoms with E-state index in [9.17, 15) is 0 Å². The zero-order valence-electron chi connectivity index (χ0n) is 30.5. The Morgan fingerprint density at radius 3 is 1.75 bits per heavy atom. The largest absolute Gasteiger partial charge is 0.438 e. The molecule has 0 spiro atoms. The number of hydrogen-bond donors (Lipinski definition) is 0. The minimum absolute atomic E-state index is 0.162. The van der Waals surface area contributed by atoms with Crippen molar-refractivity contribution in [2.24, 2.45) is 10.3 Å². The lowest BCUT2D eigenvalue weighted by atomic mass is 9.80. The number of fused-ring (bicyclic) bond motifs is 2. The van der Waals surface area contributed by atoms with Crippen LogP contribution in [0.2, 0.25) is 5.02 Å². The molecule has 7 aromatic rings. The molecule has 56 heavy (non-hydrogen) atoms. The highest BCUT2D eigenvalue weighted by Gasteiger charge is 2.60. The summed E-state index contributed by atoms with van der Waals surface area (Å²) in [6.45, 7) is 5.86. The van der Waals surface area contributed by atoms with Crippen molar-refractivity contribution < 1.29 is 23.9 Å². The quantitative estimate of drug-likeness (QED) is 0.176.